The Hall–Kier alpha value is -1.12. The average molecular weight is 127 g/mol. The maximum Gasteiger partial charge on any atom is 0.255 e. The zero-order valence-corrected chi connectivity index (χ0v) is 4.93. The van der Waals surface area contributed by atoms with Crippen molar-refractivity contribution in [2.45, 2.75) is 6.92 Å². The van der Waals surface area contributed by atoms with Crippen LogP contribution in [0.1, 0.15) is 5.69 Å². The number of pyridine rings is 1. The van der Waals surface area contributed by atoms with Gasteiger partial charge in [0.05, 0.1) is 0 Å². The van der Waals surface area contributed by atoms with E-state index >= 15 is 0 Å². The van der Waals surface area contributed by atoms with Crippen molar-refractivity contribution in [2.75, 3.05) is 0 Å². The van der Waals surface area contributed by atoms with Gasteiger partial charge in [-0.3, -0.25) is 0 Å². The van der Waals surface area contributed by atoms with Crippen molar-refractivity contribution in [3.05, 3.63) is 23.8 Å². The Morgan fingerprint density at radius 1 is 1.56 bits per heavy atom. The summed E-state index contributed by atoms with van der Waals surface area (Å²) in [5, 5.41) is 8.61. The second-order valence-corrected chi connectivity index (χ2v) is 1.76. The molecular weight excluding hydrogens is 121 g/mol. The van der Waals surface area contributed by atoms with E-state index in [1.54, 1.807) is 13.0 Å². The lowest BCUT2D eigenvalue weighted by atomic mass is 10.4. The van der Waals surface area contributed by atoms with Crippen LogP contribution in [0.2, 0.25) is 0 Å². The van der Waals surface area contributed by atoms with E-state index in [4.69, 9.17) is 5.11 Å². The molecule has 0 aliphatic carbocycles. The van der Waals surface area contributed by atoms with E-state index in [1.165, 1.54) is 6.07 Å². The smallest absolute Gasteiger partial charge is 0.255 e. The summed E-state index contributed by atoms with van der Waals surface area (Å²) in [4.78, 5) is 3.36. The SMILES string of the molecule is Cc1ccc(O)c(F)n1. The van der Waals surface area contributed by atoms with E-state index in [1.807, 2.05) is 0 Å². The van der Waals surface area contributed by atoms with Crippen LogP contribution in [0.3, 0.4) is 0 Å². The summed E-state index contributed by atoms with van der Waals surface area (Å²) in [6.45, 7) is 1.66. The first-order chi connectivity index (χ1) is 4.20. The molecule has 1 rings (SSSR count). The predicted molar refractivity (Wildman–Crippen MR) is 30.6 cm³/mol. The Morgan fingerprint density at radius 3 is 2.67 bits per heavy atom. The molecule has 0 amide bonds. The van der Waals surface area contributed by atoms with Crippen molar-refractivity contribution in [2.24, 2.45) is 0 Å². The highest BCUT2D eigenvalue weighted by molar-refractivity contribution is 5.18. The Balaban J connectivity index is 3.17. The first kappa shape index (κ1) is 6.01. The zero-order chi connectivity index (χ0) is 6.85. The van der Waals surface area contributed by atoms with Crippen molar-refractivity contribution >= 4 is 0 Å². The number of hydrogen-bond acceptors (Lipinski definition) is 2. The van der Waals surface area contributed by atoms with Crippen LogP contribution in [0.15, 0.2) is 12.1 Å². The largest absolute Gasteiger partial charge is 0.504 e. The molecule has 2 nitrogen and oxygen atoms in total. The molecule has 1 aromatic rings. The second-order valence-electron chi connectivity index (χ2n) is 1.76. The number of nitrogens with zero attached hydrogens (tertiary/aromatic N) is 1. The molecule has 0 radical (unpaired) electrons. The lowest BCUT2D eigenvalue weighted by Crippen LogP contribution is -1.85. The monoisotopic (exact) mass is 127 g/mol. The minimum Gasteiger partial charge on any atom is -0.504 e. The molecule has 0 bridgehead atoms. The van der Waals surface area contributed by atoms with Gasteiger partial charge in [0.25, 0.3) is 5.95 Å². The lowest BCUT2D eigenvalue weighted by molar-refractivity contribution is 0.418. The summed E-state index contributed by atoms with van der Waals surface area (Å²) < 4.78 is 12.2. The van der Waals surface area contributed by atoms with E-state index in [-0.39, 0.29) is 0 Å². The van der Waals surface area contributed by atoms with Gasteiger partial charge in [0.1, 0.15) is 0 Å². The normalized spacial score (nSPS) is 9.56. The zero-order valence-electron chi connectivity index (χ0n) is 4.93. The van der Waals surface area contributed by atoms with Gasteiger partial charge in [-0.25, -0.2) is 4.98 Å². The molecule has 1 heterocycles. The average Bonchev–Trinajstić information content (AvgIpc) is 1.80. The quantitative estimate of drug-likeness (QED) is 0.532. The van der Waals surface area contributed by atoms with Crippen LogP contribution in [0.4, 0.5) is 4.39 Å². The molecule has 0 fully saturated rings. The van der Waals surface area contributed by atoms with Crippen molar-refractivity contribution in [3.63, 3.8) is 0 Å². The van der Waals surface area contributed by atoms with Gasteiger partial charge in [-0.05, 0) is 19.1 Å². The van der Waals surface area contributed by atoms with Crippen LogP contribution in [0.25, 0.3) is 0 Å². The summed E-state index contributed by atoms with van der Waals surface area (Å²) >= 11 is 0. The standard InChI is InChI=1S/C6H6FNO/c1-4-2-3-5(9)6(7)8-4/h2-3,9H,1H3. The summed E-state index contributed by atoms with van der Waals surface area (Å²) in [6.07, 6.45) is 0. The van der Waals surface area contributed by atoms with Gasteiger partial charge in [0, 0.05) is 5.69 Å². The number of aromatic nitrogens is 1. The molecule has 3 heteroatoms. The summed E-state index contributed by atoms with van der Waals surface area (Å²) in [5.41, 5.74) is 0.560. The number of hydrogen-bond donors (Lipinski definition) is 1. The number of halogens is 1. The van der Waals surface area contributed by atoms with Gasteiger partial charge in [0.15, 0.2) is 5.75 Å². The van der Waals surface area contributed by atoms with Crippen LogP contribution in [-0.4, -0.2) is 10.1 Å². The molecule has 0 saturated carbocycles. The fourth-order valence-corrected chi connectivity index (χ4v) is 0.518. The molecule has 0 aromatic carbocycles. The fraction of sp³-hybridized carbons (Fsp3) is 0.167. The second kappa shape index (κ2) is 2.01. The molecule has 1 N–H and O–H groups in total. The molecule has 0 spiro atoms. The molecule has 0 atom stereocenters. The van der Waals surface area contributed by atoms with E-state index in [0.717, 1.165) is 0 Å². The summed E-state index contributed by atoms with van der Waals surface area (Å²) in [7, 11) is 0. The minimum atomic E-state index is -0.810. The highest BCUT2D eigenvalue weighted by atomic mass is 19.1. The molecule has 0 unspecified atom stereocenters. The minimum absolute atomic E-state index is 0.402. The highest BCUT2D eigenvalue weighted by Gasteiger charge is 1.98. The first-order valence-electron chi connectivity index (χ1n) is 2.52. The van der Waals surface area contributed by atoms with Gasteiger partial charge in [-0.2, -0.15) is 4.39 Å². The molecule has 48 valence electrons. The molecule has 9 heavy (non-hydrogen) atoms. The molecule has 1 aromatic heterocycles. The van der Waals surface area contributed by atoms with Crippen molar-refractivity contribution in [1.29, 1.82) is 0 Å². The van der Waals surface area contributed by atoms with Crippen molar-refractivity contribution in [1.82, 2.24) is 4.98 Å². The van der Waals surface area contributed by atoms with Crippen LogP contribution < -0.4 is 0 Å². The van der Waals surface area contributed by atoms with E-state index in [9.17, 15) is 4.39 Å². The Morgan fingerprint density at radius 2 is 2.22 bits per heavy atom. The highest BCUT2D eigenvalue weighted by Crippen LogP contribution is 2.10. The van der Waals surface area contributed by atoms with Gasteiger partial charge in [0.2, 0.25) is 0 Å². The van der Waals surface area contributed by atoms with Crippen molar-refractivity contribution in [3.8, 4) is 5.75 Å². The van der Waals surface area contributed by atoms with Crippen LogP contribution in [0, 0.1) is 12.9 Å². The van der Waals surface area contributed by atoms with Gasteiger partial charge in [-0.1, -0.05) is 0 Å². The predicted octanol–water partition coefficient (Wildman–Crippen LogP) is 1.23. The third kappa shape index (κ3) is 1.16. The maximum absolute atomic E-state index is 12.2. The van der Waals surface area contributed by atoms with Crippen LogP contribution in [0.5, 0.6) is 5.75 Å². The Labute approximate surface area is 52.0 Å². The molecule has 0 aliphatic rings. The number of aromatic hydroxyl groups is 1. The van der Waals surface area contributed by atoms with Gasteiger partial charge in [-0.15, -0.1) is 0 Å². The van der Waals surface area contributed by atoms with E-state index < -0.39 is 11.7 Å². The Kier molecular flexibility index (Phi) is 1.34. The molecule has 0 aliphatic heterocycles. The Bertz CT molecular complexity index is 224. The van der Waals surface area contributed by atoms with Crippen LogP contribution >= 0.6 is 0 Å². The fourth-order valence-electron chi connectivity index (χ4n) is 0.518. The number of aryl methyl sites for hydroxylation is 1. The van der Waals surface area contributed by atoms with E-state index in [2.05, 4.69) is 4.98 Å². The topological polar surface area (TPSA) is 33.1 Å². The van der Waals surface area contributed by atoms with Gasteiger partial charge >= 0.3 is 0 Å². The molecular formula is C6H6FNO. The lowest BCUT2D eigenvalue weighted by Gasteiger charge is -1.92. The van der Waals surface area contributed by atoms with Gasteiger partial charge < -0.3 is 5.11 Å². The summed E-state index contributed by atoms with van der Waals surface area (Å²) in [6, 6.07) is 2.82. The maximum atomic E-state index is 12.2. The number of rotatable bonds is 0. The van der Waals surface area contributed by atoms with Crippen molar-refractivity contribution < 1.29 is 9.50 Å². The summed E-state index contributed by atoms with van der Waals surface area (Å²) in [5.74, 6) is -1.21. The third-order valence-corrected chi connectivity index (χ3v) is 0.968. The van der Waals surface area contributed by atoms with Crippen LogP contribution in [-0.2, 0) is 0 Å². The molecule has 0 saturated heterocycles. The van der Waals surface area contributed by atoms with E-state index in [0.29, 0.717) is 5.69 Å². The third-order valence-electron chi connectivity index (χ3n) is 0.968. The first-order valence-corrected chi connectivity index (χ1v) is 2.52.